The van der Waals surface area contributed by atoms with Gasteiger partial charge in [-0.05, 0) is 23.0 Å². The van der Waals surface area contributed by atoms with Gasteiger partial charge in [0.2, 0.25) is 0 Å². The summed E-state index contributed by atoms with van der Waals surface area (Å²) >= 11 is 2.28. The Morgan fingerprint density at radius 3 is 2.55 bits per heavy atom. The third-order valence-electron chi connectivity index (χ3n) is 1.51. The molecule has 11 heavy (non-hydrogen) atoms. The van der Waals surface area contributed by atoms with E-state index in [4.69, 9.17) is 0 Å². The summed E-state index contributed by atoms with van der Waals surface area (Å²) in [4.78, 5) is 0. The third-order valence-corrected chi connectivity index (χ3v) is 2.58. The molecule has 0 spiro atoms. The van der Waals surface area contributed by atoms with Gasteiger partial charge in [0.05, 0.1) is 0 Å². The van der Waals surface area contributed by atoms with Crippen LogP contribution in [0.1, 0.15) is 12.5 Å². The average molecular weight is 258 g/mol. The Morgan fingerprint density at radius 2 is 2.00 bits per heavy atom. The smallest absolute Gasteiger partial charge is 0.00623 e. The van der Waals surface area contributed by atoms with Crippen LogP contribution in [0.4, 0.5) is 0 Å². The molecule has 0 nitrogen and oxygen atoms in total. The maximum atomic E-state index is 2.28. The first-order chi connectivity index (χ1) is 5.33. The van der Waals surface area contributed by atoms with E-state index >= 15 is 0 Å². The van der Waals surface area contributed by atoms with Crippen molar-refractivity contribution < 1.29 is 0 Å². The number of benzene rings is 1. The van der Waals surface area contributed by atoms with Crippen LogP contribution in [0.3, 0.4) is 0 Å². The minimum absolute atomic E-state index is 1.07. The van der Waals surface area contributed by atoms with Crippen molar-refractivity contribution in [3.05, 3.63) is 45.6 Å². The van der Waals surface area contributed by atoms with Crippen molar-refractivity contribution in [3.8, 4) is 0 Å². The van der Waals surface area contributed by atoms with E-state index in [1.54, 1.807) is 0 Å². The van der Waals surface area contributed by atoms with E-state index in [1.165, 1.54) is 11.1 Å². The topological polar surface area (TPSA) is 0 Å². The Labute approximate surface area is 81.5 Å². The molecule has 0 aliphatic carbocycles. The second kappa shape index (κ2) is 4.54. The van der Waals surface area contributed by atoms with Gasteiger partial charge in [0.15, 0.2) is 0 Å². The van der Waals surface area contributed by atoms with E-state index in [9.17, 15) is 0 Å². The Balaban J connectivity index is 2.65. The average Bonchev–Trinajstić information content (AvgIpc) is 2.06. The fraction of sp³-hybridized carbons (Fsp3) is 0.200. The molecule has 0 aliphatic heterocycles. The molecule has 0 amide bonds. The van der Waals surface area contributed by atoms with Gasteiger partial charge in [-0.2, -0.15) is 0 Å². The molecule has 0 unspecified atom stereocenters. The van der Waals surface area contributed by atoms with Crippen molar-refractivity contribution in [2.24, 2.45) is 0 Å². The predicted molar refractivity (Wildman–Crippen MR) is 57.9 cm³/mol. The van der Waals surface area contributed by atoms with Crippen molar-refractivity contribution >= 4 is 22.6 Å². The lowest BCUT2D eigenvalue weighted by Gasteiger charge is -1.98. The molecule has 0 aromatic heterocycles. The van der Waals surface area contributed by atoms with Gasteiger partial charge in [-0.15, -0.1) is 0 Å². The van der Waals surface area contributed by atoms with Crippen LogP contribution in [0.15, 0.2) is 40.0 Å². The zero-order valence-electron chi connectivity index (χ0n) is 6.55. The van der Waals surface area contributed by atoms with E-state index in [2.05, 4.69) is 57.9 Å². The number of allylic oxidation sites excluding steroid dienone is 1. The molecule has 0 atom stereocenters. The van der Waals surface area contributed by atoms with E-state index in [0.29, 0.717) is 0 Å². The maximum Gasteiger partial charge on any atom is -0.00623 e. The summed E-state index contributed by atoms with van der Waals surface area (Å²) in [6.45, 7) is 2.15. The molecule has 0 saturated heterocycles. The lowest BCUT2D eigenvalue weighted by Crippen LogP contribution is -1.83. The maximum absolute atomic E-state index is 2.28. The third kappa shape index (κ3) is 3.06. The molecule has 0 bridgehead atoms. The molecule has 1 aromatic rings. The van der Waals surface area contributed by atoms with E-state index < -0.39 is 0 Å². The molecule has 1 heteroatoms. The van der Waals surface area contributed by atoms with Gasteiger partial charge in [0, 0.05) is 0 Å². The van der Waals surface area contributed by atoms with Crippen molar-refractivity contribution in [2.45, 2.75) is 13.3 Å². The van der Waals surface area contributed by atoms with Gasteiger partial charge in [-0.25, -0.2) is 0 Å². The Kier molecular flexibility index (Phi) is 3.63. The second-order valence-corrected chi connectivity index (χ2v) is 3.24. The summed E-state index contributed by atoms with van der Waals surface area (Å²) in [5.41, 5.74) is 2.80. The van der Waals surface area contributed by atoms with Crippen LogP contribution in [-0.4, -0.2) is 0 Å². The molecule has 0 fully saturated rings. The zero-order chi connectivity index (χ0) is 8.10. The van der Waals surface area contributed by atoms with Gasteiger partial charge in [0.1, 0.15) is 0 Å². The monoisotopic (exact) mass is 258 g/mol. The number of hydrogen-bond donors (Lipinski definition) is 0. The molecule has 1 rings (SSSR count). The molecule has 1 aromatic carbocycles. The minimum atomic E-state index is 1.07. The normalized spacial score (nSPS) is 11.6. The van der Waals surface area contributed by atoms with Gasteiger partial charge in [-0.3, -0.25) is 0 Å². The van der Waals surface area contributed by atoms with Crippen molar-refractivity contribution in [1.29, 1.82) is 0 Å². The lowest BCUT2D eigenvalue weighted by molar-refractivity contribution is 1.15. The number of rotatable bonds is 2. The van der Waals surface area contributed by atoms with Crippen molar-refractivity contribution in [3.63, 3.8) is 0 Å². The summed E-state index contributed by atoms with van der Waals surface area (Å²) in [5, 5.41) is 0. The first-order valence-electron chi connectivity index (χ1n) is 3.62. The highest BCUT2D eigenvalue weighted by Gasteiger charge is 1.90. The van der Waals surface area contributed by atoms with Crippen molar-refractivity contribution in [2.75, 3.05) is 0 Å². The van der Waals surface area contributed by atoms with Crippen LogP contribution in [0.25, 0.3) is 0 Å². The van der Waals surface area contributed by atoms with E-state index in [1.807, 2.05) is 6.07 Å². The van der Waals surface area contributed by atoms with Crippen LogP contribution >= 0.6 is 22.6 Å². The molecule has 0 saturated carbocycles. The Hall–Kier alpha value is -0.310. The fourth-order valence-electron chi connectivity index (χ4n) is 0.956. The molecular formula is C10H11I. The lowest BCUT2D eigenvalue weighted by atomic mass is 10.1. The van der Waals surface area contributed by atoms with Gasteiger partial charge in [-0.1, -0.05) is 58.5 Å². The van der Waals surface area contributed by atoms with Crippen molar-refractivity contribution in [1.82, 2.24) is 0 Å². The Bertz CT molecular complexity index is 236. The fourth-order valence-corrected chi connectivity index (χ4v) is 1.18. The predicted octanol–water partition coefficient (Wildman–Crippen LogP) is 3.57. The molecule has 0 N–H and O–H groups in total. The first-order valence-corrected chi connectivity index (χ1v) is 4.87. The van der Waals surface area contributed by atoms with Crippen LogP contribution in [0.5, 0.6) is 0 Å². The summed E-state index contributed by atoms with van der Waals surface area (Å²) < 4.78 is 2.13. The largest absolute Gasteiger partial charge is 0.0629 e. The highest BCUT2D eigenvalue weighted by molar-refractivity contribution is 14.1. The van der Waals surface area contributed by atoms with Crippen LogP contribution < -0.4 is 0 Å². The summed E-state index contributed by atoms with van der Waals surface area (Å²) in [7, 11) is 0. The summed E-state index contributed by atoms with van der Waals surface area (Å²) in [6, 6.07) is 10.5. The molecule has 0 heterocycles. The summed E-state index contributed by atoms with van der Waals surface area (Å²) in [6.07, 6.45) is 1.07. The standard InChI is InChI=1S/C10H11I/c1-9(8-11)7-10-5-3-2-4-6-10/h2-6,8H,7H2,1H3/b9-8-. The SMILES string of the molecule is C/C(=C/I)Cc1ccccc1. The molecule has 58 valence electrons. The second-order valence-electron chi connectivity index (χ2n) is 2.62. The molecule has 0 aliphatic rings. The van der Waals surface area contributed by atoms with Crippen LogP contribution in [0, 0.1) is 0 Å². The van der Waals surface area contributed by atoms with E-state index in [0.717, 1.165) is 6.42 Å². The molecular weight excluding hydrogens is 247 g/mol. The van der Waals surface area contributed by atoms with Crippen LogP contribution in [0.2, 0.25) is 0 Å². The minimum Gasteiger partial charge on any atom is -0.0629 e. The quantitative estimate of drug-likeness (QED) is 0.711. The number of hydrogen-bond acceptors (Lipinski definition) is 0. The summed E-state index contributed by atoms with van der Waals surface area (Å²) in [5.74, 6) is 0. The highest BCUT2D eigenvalue weighted by atomic mass is 127. The molecule has 0 radical (unpaired) electrons. The Morgan fingerprint density at radius 1 is 1.36 bits per heavy atom. The van der Waals surface area contributed by atoms with Crippen LogP contribution in [-0.2, 0) is 6.42 Å². The van der Waals surface area contributed by atoms with E-state index in [-0.39, 0.29) is 0 Å². The number of halogens is 1. The van der Waals surface area contributed by atoms with Gasteiger partial charge >= 0.3 is 0 Å². The highest BCUT2D eigenvalue weighted by Crippen LogP contribution is 2.08. The van der Waals surface area contributed by atoms with Gasteiger partial charge in [0.25, 0.3) is 0 Å². The first kappa shape index (κ1) is 8.78. The van der Waals surface area contributed by atoms with Gasteiger partial charge < -0.3 is 0 Å². The zero-order valence-corrected chi connectivity index (χ0v) is 8.71.